The van der Waals surface area contributed by atoms with E-state index in [9.17, 15) is 5.11 Å². The van der Waals surface area contributed by atoms with Gasteiger partial charge in [0.1, 0.15) is 6.61 Å². The van der Waals surface area contributed by atoms with Crippen LogP contribution in [0.3, 0.4) is 0 Å². The second-order valence-electron chi connectivity index (χ2n) is 6.05. The molecule has 2 aromatic rings. The Morgan fingerprint density at radius 2 is 2.00 bits per heavy atom. The first-order valence-electron chi connectivity index (χ1n) is 7.59. The number of aromatic nitrogens is 1. The first-order valence-corrected chi connectivity index (χ1v) is 7.59. The number of nitrogens with zero attached hydrogens (tertiary/aromatic N) is 1. The second kappa shape index (κ2) is 7.94. The van der Waals surface area contributed by atoms with Crippen LogP contribution in [0.5, 0.6) is 11.5 Å². The maximum Gasteiger partial charge on any atom is 0.161 e. The van der Waals surface area contributed by atoms with Crippen molar-refractivity contribution < 1.29 is 14.6 Å². The van der Waals surface area contributed by atoms with E-state index in [0.29, 0.717) is 31.2 Å². The van der Waals surface area contributed by atoms with Crippen molar-refractivity contribution in [3.8, 4) is 11.5 Å². The monoisotopic (exact) mass is 316 g/mol. The van der Waals surface area contributed by atoms with E-state index in [-0.39, 0.29) is 0 Å². The van der Waals surface area contributed by atoms with E-state index in [1.807, 2.05) is 30.3 Å². The summed E-state index contributed by atoms with van der Waals surface area (Å²) in [7, 11) is 1.62. The van der Waals surface area contributed by atoms with E-state index in [4.69, 9.17) is 9.47 Å². The quantitative estimate of drug-likeness (QED) is 0.783. The lowest BCUT2D eigenvalue weighted by Gasteiger charge is -2.18. The average molecular weight is 316 g/mol. The van der Waals surface area contributed by atoms with Crippen molar-refractivity contribution in [2.24, 2.45) is 0 Å². The fourth-order valence-electron chi connectivity index (χ4n) is 2.10. The molecule has 1 aromatic heterocycles. The Morgan fingerprint density at radius 1 is 1.17 bits per heavy atom. The van der Waals surface area contributed by atoms with Gasteiger partial charge in [0.2, 0.25) is 0 Å². The summed E-state index contributed by atoms with van der Waals surface area (Å²) in [5.74, 6) is 1.39. The molecular weight excluding hydrogens is 292 g/mol. The lowest BCUT2D eigenvalue weighted by Crippen LogP contribution is -2.34. The lowest BCUT2D eigenvalue weighted by molar-refractivity contribution is 0.0795. The summed E-state index contributed by atoms with van der Waals surface area (Å²) in [6.45, 7) is 5.15. The summed E-state index contributed by atoms with van der Waals surface area (Å²) >= 11 is 0. The second-order valence-corrected chi connectivity index (χ2v) is 6.05. The molecule has 0 bridgehead atoms. The number of ether oxygens (including phenoxy) is 2. The van der Waals surface area contributed by atoms with Gasteiger partial charge < -0.3 is 19.9 Å². The van der Waals surface area contributed by atoms with Crippen LogP contribution in [0.15, 0.2) is 42.7 Å². The molecule has 0 aliphatic heterocycles. The SMILES string of the molecule is COc1ccc(CNCC(C)(C)O)cc1OCc1cccnc1. The van der Waals surface area contributed by atoms with Gasteiger partial charge in [-0.3, -0.25) is 4.98 Å². The molecule has 2 rings (SSSR count). The van der Waals surface area contributed by atoms with Crippen molar-refractivity contribution in [2.75, 3.05) is 13.7 Å². The molecule has 0 spiro atoms. The Balaban J connectivity index is 2.00. The standard InChI is InChI=1S/C18H24N2O3/c1-18(2,21)13-20-10-14-6-7-16(22-3)17(9-14)23-12-15-5-4-8-19-11-15/h4-9,11,20-21H,10,12-13H2,1-3H3. The molecule has 0 atom stereocenters. The highest BCUT2D eigenvalue weighted by molar-refractivity contribution is 5.43. The lowest BCUT2D eigenvalue weighted by atomic mass is 10.1. The molecule has 5 heteroatoms. The molecule has 0 amide bonds. The Kier molecular flexibility index (Phi) is 5.96. The topological polar surface area (TPSA) is 63.6 Å². The van der Waals surface area contributed by atoms with Crippen LogP contribution in [0.4, 0.5) is 0 Å². The highest BCUT2D eigenvalue weighted by Gasteiger charge is 2.12. The smallest absolute Gasteiger partial charge is 0.161 e. The van der Waals surface area contributed by atoms with E-state index >= 15 is 0 Å². The normalized spacial score (nSPS) is 11.3. The van der Waals surface area contributed by atoms with E-state index in [2.05, 4.69) is 10.3 Å². The zero-order valence-corrected chi connectivity index (χ0v) is 13.9. The van der Waals surface area contributed by atoms with Crippen LogP contribution in [0.2, 0.25) is 0 Å². The maximum atomic E-state index is 9.73. The van der Waals surface area contributed by atoms with Gasteiger partial charge in [0.05, 0.1) is 12.7 Å². The number of aliphatic hydroxyl groups is 1. The van der Waals surface area contributed by atoms with Gasteiger partial charge in [-0.15, -0.1) is 0 Å². The molecule has 124 valence electrons. The van der Waals surface area contributed by atoms with Gasteiger partial charge in [-0.1, -0.05) is 12.1 Å². The van der Waals surface area contributed by atoms with E-state index < -0.39 is 5.60 Å². The molecule has 23 heavy (non-hydrogen) atoms. The Labute approximate surface area is 137 Å². The molecule has 0 unspecified atom stereocenters. The maximum absolute atomic E-state index is 9.73. The third kappa shape index (κ3) is 5.88. The first kappa shape index (κ1) is 17.2. The fourth-order valence-corrected chi connectivity index (χ4v) is 2.10. The zero-order valence-electron chi connectivity index (χ0n) is 13.9. The van der Waals surface area contributed by atoms with Crippen LogP contribution < -0.4 is 14.8 Å². The number of hydrogen-bond acceptors (Lipinski definition) is 5. The predicted octanol–water partition coefficient (Wildman–Crippen LogP) is 2.53. The third-order valence-electron chi connectivity index (χ3n) is 3.23. The molecule has 1 heterocycles. The Bertz CT molecular complexity index is 609. The van der Waals surface area contributed by atoms with Crippen LogP contribution in [0.1, 0.15) is 25.0 Å². The van der Waals surface area contributed by atoms with Crippen molar-refractivity contribution in [1.82, 2.24) is 10.3 Å². The molecule has 0 fully saturated rings. The van der Waals surface area contributed by atoms with Gasteiger partial charge in [0.25, 0.3) is 0 Å². The highest BCUT2D eigenvalue weighted by atomic mass is 16.5. The molecule has 0 aliphatic rings. The third-order valence-corrected chi connectivity index (χ3v) is 3.23. The zero-order chi connectivity index (χ0) is 16.7. The largest absolute Gasteiger partial charge is 0.493 e. The van der Waals surface area contributed by atoms with Gasteiger partial charge in [0, 0.05) is 31.0 Å². The molecule has 0 aliphatic carbocycles. The van der Waals surface area contributed by atoms with Crippen molar-refractivity contribution >= 4 is 0 Å². The van der Waals surface area contributed by atoms with Crippen molar-refractivity contribution in [3.63, 3.8) is 0 Å². The summed E-state index contributed by atoms with van der Waals surface area (Å²) in [5, 5.41) is 13.0. The number of methoxy groups -OCH3 is 1. The molecule has 0 radical (unpaired) electrons. The fraction of sp³-hybridized carbons (Fsp3) is 0.389. The molecule has 2 N–H and O–H groups in total. The number of pyridine rings is 1. The summed E-state index contributed by atoms with van der Waals surface area (Å²) in [5.41, 5.74) is 1.34. The van der Waals surface area contributed by atoms with Gasteiger partial charge in [-0.25, -0.2) is 0 Å². The average Bonchev–Trinajstić information content (AvgIpc) is 2.53. The van der Waals surface area contributed by atoms with Crippen LogP contribution in [-0.2, 0) is 13.2 Å². The van der Waals surface area contributed by atoms with Crippen molar-refractivity contribution in [3.05, 3.63) is 53.9 Å². The van der Waals surface area contributed by atoms with Crippen LogP contribution >= 0.6 is 0 Å². The van der Waals surface area contributed by atoms with Gasteiger partial charge in [-0.2, -0.15) is 0 Å². The Morgan fingerprint density at radius 3 is 2.65 bits per heavy atom. The van der Waals surface area contributed by atoms with E-state index in [1.54, 1.807) is 33.4 Å². The van der Waals surface area contributed by atoms with Gasteiger partial charge in [0.15, 0.2) is 11.5 Å². The van der Waals surface area contributed by atoms with Crippen LogP contribution in [-0.4, -0.2) is 29.3 Å². The van der Waals surface area contributed by atoms with Crippen LogP contribution in [0, 0.1) is 0 Å². The summed E-state index contributed by atoms with van der Waals surface area (Å²) in [4.78, 5) is 4.08. The number of rotatable bonds is 8. The summed E-state index contributed by atoms with van der Waals surface area (Å²) in [6.07, 6.45) is 3.51. The van der Waals surface area contributed by atoms with Crippen molar-refractivity contribution in [1.29, 1.82) is 0 Å². The number of benzene rings is 1. The number of nitrogens with one attached hydrogen (secondary N) is 1. The van der Waals surface area contributed by atoms with Crippen LogP contribution in [0.25, 0.3) is 0 Å². The summed E-state index contributed by atoms with van der Waals surface area (Å²) < 4.78 is 11.2. The van der Waals surface area contributed by atoms with E-state index in [0.717, 1.165) is 11.1 Å². The Hall–Kier alpha value is -2.11. The number of hydrogen-bond donors (Lipinski definition) is 2. The van der Waals surface area contributed by atoms with E-state index in [1.165, 1.54) is 0 Å². The minimum atomic E-state index is -0.730. The summed E-state index contributed by atoms with van der Waals surface area (Å²) in [6, 6.07) is 9.67. The molecule has 0 saturated carbocycles. The van der Waals surface area contributed by atoms with Gasteiger partial charge in [-0.05, 0) is 37.6 Å². The van der Waals surface area contributed by atoms with Crippen molar-refractivity contribution in [2.45, 2.75) is 32.6 Å². The molecule has 0 saturated heterocycles. The minimum Gasteiger partial charge on any atom is -0.493 e. The molecule has 5 nitrogen and oxygen atoms in total. The molecular formula is C18H24N2O3. The highest BCUT2D eigenvalue weighted by Crippen LogP contribution is 2.28. The first-order chi connectivity index (χ1) is 11.0. The predicted molar refractivity (Wildman–Crippen MR) is 89.6 cm³/mol. The minimum absolute atomic E-state index is 0.435. The van der Waals surface area contributed by atoms with Gasteiger partial charge >= 0.3 is 0 Å². The molecule has 1 aromatic carbocycles.